The van der Waals surface area contributed by atoms with Crippen molar-refractivity contribution < 1.29 is 24.2 Å². The van der Waals surface area contributed by atoms with Gasteiger partial charge in [0.1, 0.15) is 18.0 Å². The van der Waals surface area contributed by atoms with Gasteiger partial charge >= 0.3 is 12.1 Å². The Balaban J connectivity index is 1.43. The zero-order chi connectivity index (χ0) is 25.2. The molecule has 0 fully saturated rings. The second-order valence-electron chi connectivity index (χ2n) is 9.76. The first-order valence-electron chi connectivity index (χ1n) is 11.5. The minimum Gasteiger partial charge on any atom is -0.488 e. The first-order valence-corrected chi connectivity index (χ1v) is 11.5. The highest BCUT2D eigenvalue weighted by atomic mass is 16.5. The predicted octanol–water partition coefficient (Wildman–Crippen LogP) is 4.68. The van der Waals surface area contributed by atoms with Gasteiger partial charge in [0.2, 0.25) is 0 Å². The van der Waals surface area contributed by atoms with Gasteiger partial charge in [-0.1, -0.05) is 60.7 Å². The molecule has 3 aromatic carbocycles. The van der Waals surface area contributed by atoms with Crippen molar-refractivity contribution in [2.75, 3.05) is 6.61 Å². The number of hydrogen-bond acceptors (Lipinski definition) is 5. The van der Waals surface area contributed by atoms with Crippen LogP contribution < -0.4 is 15.8 Å². The lowest BCUT2D eigenvalue weighted by Gasteiger charge is -2.26. The van der Waals surface area contributed by atoms with Gasteiger partial charge in [0.15, 0.2) is 5.66 Å². The molecule has 0 spiro atoms. The smallest absolute Gasteiger partial charge is 0.409 e. The number of carboxylic acids is 1. The molecule has 0 saturated heterocycles. The number of fused-ring (bicyclic) bond motifs is 3. The average molecular weight is 475 g/mol. The summed E-state index contributed by atoms with van der Waals surface area (Å²) >= 11 is 0. The molecule has 7 nitrogen and oxygen atoms in total. The molecule has 0 aliphatic heterocycles. The molecule has 4 rings (SSSR count). The molecule has 7 heteroatoms. The SMILES string of the molecule is CC(C)(C)Oc1ccc(C[C@@](N)(NC(=O)OCC2c3ccccc3-c3ccccc32)C(=O)O)cc1. The Bertz CT molecular complexity index is 1190. The molecule has 0 bridgehead atoms. The fourth-order valence-electron chi connectivity index (χ4n) is 4.34. The van der Waals surface area contributed by atoms with Gasteiger partial charge in [-0.3, -0.25) is 11.1 Å². The molecule has 4 N–H and O–H groups in total. The van der Waals surface area contributed by atoms with Crippen molar-refractivity contribution in [2.24, 2.45) is 5.73 Å². The number of carbonyl (C=O) groups excluding carboxylic acids is 1. The summed E-state index contributed by atoms with van der Waals surface area (Å²) in [5.41, 5.74) is 8.70. The van der Waals surface area contributed by atoms with Gasteiger partial charge in [-0.05, 0) is 60.7 Å². The van der Waals surface area contributed by atoms with Crippen LogP contribution in [0.4, 0.5) is 4.79 Å². The van der Waals surface area contributed by atoms with Crippen LogP contribution in [0.5, 0.6) is 5.75 Å². The van der Waals surface area contributed by atoms with E-state index in [1.54, 1.807) is 24.3 Å². The molecule has 1 aliphatic carbocycles. The summed E-state index contributed by atoms with van der Waals surface area (Å²) < 4.78 is 11.3. The lowest BCUT2D eigenvalue weighted by Crippen LogP contribution is -2.63. The molecule has 0 radical (unpaired) electrons. The van der Waals surface area contributed by atoms with Crippen molar-refractivity contribution in [2.45, 2.75) is 44.4 Å². The van der Waals surface area contributed by atoms with Crippen molar-refractivity contribution in [1.29, 1.82) is 0 Å². The number of rotatable bonds is 7. The minimum atomic E-state index is -2.03. The molecular formula is C28H30N2O5. The topological polar surface area (TPSA) is 111 Å². The van der Waals surface area contributed by atoms with Gasteiger partial charge in [0.25, 0.3) is 0 Å². The maximum atomic E-state index is 12.6. The second-order valence-corrected chi connectivity index (χ2v) is 9.76. The number of nitrogens with two attached hydrogens (primary N) is 1. The average Bonchev–Trinajstić information content (AvgIpc) is 3.12. The van der Waals surface area contributed by atoms with Crippen LogP contribution in [0, 0.1) is 0 Å². The van der Waals surface area contributed by atoms with Gasteiger partial charge in [-0.2, -0.15) is 0 Å². The molecule has 0 unspecified atom stereocenters. The molecule has 35 heavy (non-hydrogen) atoms. The maximum absolute atomic E-state index is 12.6. The largest absolute Gasteiger partial charge is 0.488 e. The van der Waals surface area contributed by atoms with Crippen molar-refractivity contribution >= 4 is 12.1 Å². The number of benzene rings is 3. The minimum absolute atomic E-state index is 0.0639. The van der Waals surface area contributed by atoms with Crippen LogP contribution in [-0.2, 0) is 16.0 Å². The summed E-state index contributed by atoms with van der Waals surface area (Å²) in [4.78, 5) is 24.6. The lowest BCUT2D eigenvalue weighted by atomic mass is 9.98. The van der Waals surface area contributed by atoms with Crippen LogP contribution in [0.3, 0.4) is 0 Å². The fraction of sp³-hybridized carbons (Fsp3) is 0.286. The van der Waals surface area contributed by atoms with E-state index >= 15 is 0 Å². The number of ether oxygens (including phenoxy) is 2. The van der Waals surface area contributed by atoms with E-state index in [2.05, 4.69) is 5.32 Å². The van der Waals surface area contributed by atoms with Crippen molar-refractivity contribution in [1.82, 2.24) is 5.32 Å². The third-order valence-electron chi connectivity index (χ3n) is 5.88. The molecule has 182 valence electrons. The van der Waals surface area contributed by atoms with E-state index in [-0.39, 0.29) is 24.5 Å². The third kappa shape index (κ3) is 5.46. The Kier molecular flexibility index (Phi) is 6.54. The van der Waals surface area contributed by atoms with Crippen molar-refractivity contribution in [3.63, 3.8) is 0 Å². The van der Waals surface area contributed by atoms with Crippen LogP contribution in [0.1, 0.15) is 43.4 Å². The number of amides is 1. The van der Waals surface area contributed by atoms with Gasteiger partial charge in [-0.15, -0.1) is 0 Å². The monoisotopic (exact) mass is 474 g/mol. The van der Waals surface area contributed by atoms with Crippen LogP contribution in [-0.4, -0.2) is 35.0 Å². The standard InChI is InChI=1S/C28H30N2O5/c1-27(2,3)35-19-14-12-18(13-15-19)16-28(29,25(31)32)30-26(33)34-17-24-22-10-6-4-8-20(22)21-9-5-7-11-23(21)24/h4-15,24H,16-17,29H2,1-3H3,(H,30,33)(H,31,32)/t28-/m1/s1. The number of hydrogen-bond donors (Lipinski definition) is 3. The van der Waals surface area contributed by atoms with Gasteiger partial charge in [0, 0.05) is 12.3 Å². The third-order valence-corrected chi connectivity index (χ3v) is 5.88. The Morgan fingerprint density at radius 3 is 1.97 bits per heavy atom. The number of carbonyl (C=O) groups is 2. The lowest BCUT2D eigenvalue weighted by molar-refractivity contribution is -0.144. The molecule has 0 heterocycles. The van der Waals surface area contributed by atoms with Crippen LogP contribution in [0.25, 0.3) is 11.1 Å². The quantitative estimate of drug-likeness (QED) is 0.429. The first-order chi connectivity index (χ1) is 16.6. The van der Waals surface area contributed by atoms with Crippen molar-refractivity contribution in [3.8, 4) is 16.9 Å². The summed E-state index contributed by atoms with van der Waals surface area (Å²) in [6.07, 6.45) is -1.01. The Morgan fingerprint density at radius 1 is 0.914 bits per heavy atom. The van der Waals surface area contributed by atoms with Crippen LogP contribution >= 0.6 is 0 Å². The summed E-state index contributed by atoms with van der Waals surface area (Å²) in [7, 11) is 0. The van der Waals surface area contributed by atoms with E-state index in [9.17, 15) is 14.7 Å². The molecule has 0 aromatic heterocycles. The van der Waals surface area contributed by atoms with E-state index in [0.717, 1.165) is 22.3 Å². The first kappa shape index (κ1) is 24.3. The Hall–Kier alpha value is -3.84. The van der Waals surface area contributed by atoms with E-state index < -0.39 is 17.7 Å². The highest BCUT2D eigenvalue weighted by molar-refractivity contribution is 5.84. The summed E-state index contributed by atoms with van der Waals surface area (Å²) in [6, 6.07) is 22.9. The Morgan fingerprint density at radius 2 is 1.46 bits per heavy atom. The summed E-state index contributed by atoms with van der Waals surface area (Å²) in [5.74, 6) is -0.842. The van der Waals surface area contributed by atoms with Gasteiger partial charge in [0.05, 0.1) is 0 Å². The Labute approximate surface area is 204 Å². The molecule has 1 atom stereocenters. The number of nitrogens with one attached hydrogen (secondary N) is 1. The van der Waals surface area contributed by atoms with E-state index in [4.69, 9.17) is 15.2 Å². The molecule has 3 aromatic rings. The van der Waals surface area contributed by atoms with E-state index in [1.807, 2.05) is 69.3 Å². The molecule has 1 aliphatic rings. The molecular weight excluding hydrogens is 444 g/mol. The zero-order valence-corrected chi connectivity index (χ0v) is 20.1. The summed E-state index contributed by atoms with van der Waals surface area (Å²) in [5, 5.41) is 12.1. The second kappa shape index (κ2) is 9.43. The highest BCUT2D eigenvalue weighted by Gasteiger charge is 2.37. The molecule has 1 amide bonds. The number of aliphatic carboxylic acids is 1. The highest BCUT2D eigenvalue weighted by Crippen LogP contribution is 2.44. The predicted molar refractivity (Wildman–Crippen MR) is 133 cm³/mol. The van der Waals surface area contributed by atoms with Gasteiger partial charge in [-0.25, -0.2) is 9.59 Å². The van der Waals surface area contributed by atoms with Crippen LogP contribution in [0.2, 0.25) is 0 Å². The summed E-state index contributed by atoms with van der Waals surface area (Å²) in [6.45, 7) is 5.88. The molecule has 0 saturated carbocycles. The van der Waals surface area contributed by atoms with E-state index in [0.29, 0.717) is 11.3 Å². The number of alkyl carbamates (subject to hydrolysis) is 1. The number of carboxylic acid groups (broad SMARTS) is 1. The van der Waals surface area contributed by atoms with Gasteiger partial charge < -0.3 is 14.6 Å². The van der Waals surface area contributed by atoms with Crippen LogP contribution in [0.15, 0.2) is 72.8 Å². The van der Waals surface area contributed by atoms with E-state index in [1.165, 1.54) is 0 Å². The fourth-order valence-corrected chi connectivity index (χ4v) is 4.34. The van der Waals surface area contributed by atoms with Crippen molar-refractivity contribution in [3.05, 3.63) is 89.5 Å². The zero-order valence-electron chi connectivity index (χ0n) is 20.1. The maximum Gasteiger partial charge on any atom is 0.409 e. The normalized spacial score (nSPS) is 14.4.